The summed E-state index contributed by atoms with van der Waals surface area (Å²) in [7, 11) is 0. The second-order valence-corrected chi connectivity index (χ2v) is 4.46. The van der Waals surface area contributed by atoms with Crippen LogP contribution < -0.4 is 0 Å². The molecule has 0 fully saturated rings. The molecule has 2 aromatic rings. The van der Waals surface area contributed by atoms with Crippen LogP contribution in [0.15, 0.2) is 24.4 Å². The molecule has 1 heterocycles. The highest BCUT2D eigenvalue weighted by atomic mass is 35.5. The minimum atomic E-state index is -0.864. The lowest BCUT2D eigenvalue weighted by molar-refractivity contribution is 0.490. The SMILES string of the molecule is CCC(Cl)c1cn(Cc2cccc(F)c2F)nn1. The van der Waals surface area contributed by atoms with Crippen molar-refractivity contribution in [3.8, 4) is 0 Å². The average molecular weight is 272 g/mol. The molecule has 0 radical (unpaired) electrons. The summed E-state index contributed by atoms with van der Waals surface area (Å²) >= 11 is 6.01. The molecule has 3 nitrogen and oxygen atoms in total. The molecule has 0 spiro atoms. The summed E-state index contributed by atoms with van der Waals surface area (Å²) in [5.74, 6) is -1.72. The Hall–Kier alpha value is -1.49. The second kappa shape index (κ2) is 5.44. The predicted molar refractivity (Wildman–Crippen MR) is 64.4 cm³/mol. The van der Waals surface area contributed by atoms with Gasteiger partial charge in [-0.2, -0.15) is 0 Å². The molecule has 0 aliphatic carbocycles. The van der Waals surface area contributed by atoms with Crippen LogP contribution in [-0.4, -0.2) is 15.0 Å². The lowest BCUT2D eigenvalue weighted by Gasteiger charge is -2.03. The maximum atomic E-state index is 13.5. The number of benzene rings is 1. The minimum absolute atomic E-state index is 0.129. The maximum Gasteiger partial charge on any atom is 0.163 e. The predicted octanol–water partition coefficient (Wildman–Crippen LogP) is 3.29. The Morgan fingerprint density at radius 3 is 2.89 bits per heavy atom. The van der Waals surface area contributed by atoms with Crippen LogP contribution in [0.1, 0.15) is 30.0 Å². The number of nitrogens with zero attached hydrogens (tertiary/aromatic N) is 3. The third-order valence-corrected chi connectivity index (χ3v) is 3.13. The molecule has 18 heavy (non-hydrogen) atoms. The molecule has 0 N–H and O–H groups in total. The van der Waals surface area contributed by atoms with E-state index in [2.05, 4.69) is 10.3 Å². The van der Waals surface area contributed by atoms with E-state index < -0.39 is 11.6 Å². The van der Waals surface area contributed by atoms with Crippen LogP contribution in [0.4, 0.5) is 8.78 Å². The van der Waals surface area contributed by atoms with Crippen molar-refractivity contribution in [2.75, 3.05) is 0 Å². The van der Waals surface area contributed by atoms with Crippen LogP contribution in [-0.2, 0) is 6.54 Å². The Morgan fingerprint density at radius 1 is 1.39 bits per heavy atom. The molecule has 2 rings (SSSR count). The highest BCUT2D eigenvalue weighted by Crippen LogP contribution is 2.21. The minimum Gasteiger partial charge on any atom is -0.248 e. The van der Waals surface area contributed by atoms with Gasteiger partial charge >= 0.3 is 0 Å². The summed E-state index contributed by atoms with van der Waals surface area (Å²) in [5, 5.41) is 7.53. The number of halogens is 3. The molecule has 6 heteroatoms. The highest BCUT2D eigenvalue weighted by molar-refractivity contribution is 6.20. The number of alkyl halides is 1. The molecule has 0 aliphatic heterocycles. The third-order valence-electron chi connectivity index (χ3n) is 2.60. The molecule has 0 saturated heterocycles. The zero-order chi connectivity index (χ0) is 13.1. The zero-order valence-corrected chi connectivity index (χ0v) is 10.5. The van der Waals surface area contributed by atoms with E-state index in [0.29, 0.717) is 5.69 Å². The van der Waals surface area contributed by atoms with Gasteiger partial charge < -0.3 is 0 Å². The highest BCUT2D eigenvalue weighted by Gasteiger charge is 2.12. The first-order valence-corrected chi connectivity index (χ1v) is 6.02. The van der Waals surface area contributed by atoms with E-state index in [1.54, 1.807) is 6.20 Å². The first-order chi connectivity index (χ1) is 8.61. The van der Waals surface area contributed by atoms with Crippen LogP contribution >= 0.6 is 11.6 Å². The van der Waals surface area contributed by atoms with Crippen molar-refractivity contribution in [3.63, 3.8) is 0 Å². The van der Waals surface area contributed by atoms with Gasteiger partial charge in [-0.25, -0.2) is 13.5 Å². The molecule has 1 unspecified atom stereocenters. The van der Waals surface area contributed by atoms with Gasteiger partial charge in [0.2, 0.25) is 0 Å². The number of hydrogen-bond acceptors (Lipinski definition) is 2. The van der Waals surface area contributed by atoms with Crippen molar-refractivity contribution in [3.05, 3.63) is 47.3 Å². The molecule has 96 valence electrons. The lowest BCUT2D eigenvalue weighted by atomic mass is 10.2. The summed E-state index contributed by atoms with van der Waals surface area (Å²) < 4.78 is 27.9. The molecule has 0 saturated carbocycles. The number of hydrogen-bond donors (Lipinski definition) is 0. The van der Waals surface area contributed by atoms with Crippen LogP contribution in [0.2, 0.25) is 0 Å². The summed E-state index contributed by atoms with van der Waals surface area (Å²) in [4.78, 5) is 0. The Bertz CT molecular complexity index is 542. The molecule has 1 aromatic carbocycles. The van der Waals surface area contributed by atoms with Gasteiger partial charge in [0.05, 0.1) is 18.1 Å². The Kier molecular flexibility index (Phi) is 3.91. The summed E-state index contributed by atoms with van der Waals surface area (Å²) in [6.45, 7) is 2.06. The van der Waals surface area contributed by atoms with Crippen molar-refractivity contribution in [1.82, 2.24) is 15.0 Å². The van der Waals surface area contributed by atoms with E-state index >= 15 is 0 Å². The molecule has 0 aliphatic rings. The van der Waals surface area contributed by atoms with Crippen molar-refractivity contribution < 1.29 is 8.78 Å². The molecule has 0 bridgehead atoms. The van der Waals surface area contributed by atoms with Crippen molar-refractivity contribution in [2.45, 2.75) is 25.3 Å². The van der Waals surface area contributed by atoms with Gasteiger partial charge in [-0.3, -0.25) is 0 Å². The molecule has 1 aromatic heterocycles. The molecular weight excluding hydrogens is 260 g/mol. The Balaban J connectivity index is 2.19. The van der Waals surface area contributed by atoms with Crippen molar-refractivity contribution in [2.24, 2.45) is 0 Å². The van der Waals surface area contributed by atoms with Crippen LogP contribution in [0.5, 0.6) is 0 Å². The van der Waals surface area contributed by atoms with Gasteiger partial charge in [0.1, 0.15) is 5.69 Å². The van der Waals surface area contributed by atoms with Crippen LogP contribution in [0.3, 0.4) is 0 Å². The standard InChI is InChI=1S/C12H12ClF2N3/c1-2-9(13)11-7-18(17-16-11)6-8-4-3-5-10(14)12(8)15/h3-5,7,9H,2,6H2,1H3. The monoisotopic (exact) mass is 271 g/mol. The van der Waals surface area contributed by atoms with Gasteiger partial charge in [-0.1, -0.05) is 24.3 Å². The Morgan fingerprint density at radius 2 is 2.17 bits per heavy atom. The number of aromatic nitrogens is 3. The van der Waals surface area contributed by atoms with Gasteiger partial charge in [-0.05, 0) is 12.5 Å². The Labute approximate surface area is 108 Å². The van der Waals surface area contributed by atoms with Gasteiger partial charge in [0.25, 0.3) is 0 Å². The topological polar surface area (TPSA) is 30.7 Å². The normalized spacial score (nSPS) is 12.7. The largest absolute Gasteiger partial charge is 0.248 e. The average Bonchev–Trinajstić information content (AvgIpc) is 2.82. The number of rotatable bonds is 4. The van der Waals surface area contributed by atoms with E-state index in [9.17, 15) is 8.78 Å². The first kappa shape index (κ1) is 13.0. The fourth-order valence-corrected chi connectivity index (χ4v) is 1.69. The summed E-state index contributed by atoms with van der Waals surface area (Å²) in [6, 6.07) is 4.05. The van der Waals surface area contributed by atoms with Gasteiger partial charge in [0, 0.05) is 5.56 Å². The molecular formula is C12H12ClF2N3. The van der Waals surface area contributed by atoms with E-state index in [1.807, 2.05) is 6.92 Å². The van der Waals surface area contributed by atoms with Crippen molar-refractivity contribution in [1.29, 1.82) is 0 Å². The zero-order valence-electron chi connectivity index (χ0n) is 9.78. The van der Waals surface area contributed by atoms with E-state index in [-0.39, 0.29) is 17.5 Å². The first-order valence-electron chi connectivity index (χ1n) is 5.58. The summed E-state index contributed by atoms with van der Waals surface area (Å²) in [5.41, 5.74) is 0.866. The van der Waals surface area contributed by atoms with Gasteiger partial charge in [0.15, 0.2) is 11.6 Å². The van der Waals surface area contributed by atoms with Crippen molar-refractivity contribution >= 4 is 11.6 Å². The fourth-order valence-electron chi connectivity index (χ4n) is 1.59. The summed E-state index contributed by atoms with van der Waals surface area (Å²) in [6.07, 6.45) is 2.38. The lowest BCUT2D eigenvalue weighted by Crippen LogP contribution is -2.04. The van der Waals surface area contributed by atoms with E-state index in [0.717, 1.165) is 12.5 Å². The molecule has 0 amide bonds. The van der Waals surface area contributed by atoms with E-state index in [4.69, 9.17) is 11.6 Å². The quantitative estimate of drug-likeness (QED) is 0.799. The van der Waals surface area contributed by atoms with E-state index in [1.165, 1.54) is 16.8 Å². The second-order valence-electron chi connectivity index (χ2n) is 3.93. The van der Waals surface area contributed by atoms with Crippen LogP contribution in [0, 0.1) is 11.6 Å². The maximum absolute atomic E-state index is 13.5. The smallest absolute Gasteiger partial charge is 0.163 e. The molecule has 1 atom stereocenters. The van der Waals surface area contributed by atoms with Gasteiger partial charge in [-0.15, -0.1) is 16.7 Å². The fraction of sp³-hybridized carbons (Fsp3) is 0.333. The third kappa shape index (κ3) is 2.67. The van der Waals surface area contributed by atoms with Crippen LogP contribution in [0.25, 0.3) is 0 Å².